The smallest absolute Gasteiger partial charge is 1.00 e. The Morgan fingerprint density at radius 1 is 0.446 bits per heavy atom. The fourth-order valence-electron chi connectivity index (χ4n) is 6.76. The van der Waals surface area contributed by atoms with Crippen molar-refractivity contribution in [2.75, 3.05) is 0 Å². The Hall–Kier alpha value is -2.22. The molecule has 4 nitrogen and oxygen atoms in total. The minimum absolute atomic E-state index is 0. The minimum atomic E-state index is 0. The van der Waals surface area contributed by atoms with Crippen molar-refractivity contribution < 1.29 is 90.5 Å². The Balaban J connectivity index is 0. The maximum absolute atomic E-state index is 5.12. The van der Waals surface area contributed by atoms with Gasteiger partial charge in [-0.05, 0) is 141 Å². The van der Waals surface area contributed by atoms with Crippen LogP contribution in [0, 0.1) is 6.92 Å². The third-order valence-electron chi connectivity index (χ3n) is 9.50. The van der Waals surface area contributed by atoms with Gasteiger partial charge in [-0.15, -0.1) is 0 Å². The van der Waals surface area contributed by atoms with Gasteiger partial charge in [0.15, 0.2) is 0 Å². The molecule has 306 valence electrons. The van der Waals surface area contributed by atoms with E-state index in [9.17, 15) is 0 Å². The van der Waals surface area contributed by atoms with E-state index in [1.165, 1.54) is 55.6 Å². The first kappa shape index (κ1) is 55.9. The Morgan fingerprint density at radius 2 is 0.786 bits per heavy atom. The Morgan fingerprint density at radius 3 is 1.09 bits per heavy atom. The zero-order chi connectivity index (χ0) is 36.1. The molecular weight excluding hydrogens is 963 g/mol. The molecule has 0 bridgehead atoms. The summed E-state index contributed by atoms with van der Waals surface area (Å²) in [6, 6.07) is 26.2. The predicted octanol–water partition coefficient (Wildman–Crippen LogP) is 1.25. The second kappa shape index (κ2) is 25.3. The van der Waals surface area contributed by atoms with Crippen molar-refractivity contribution in [3.8, 4) is 22.3 Å². The third-order valence-corrected chi connectivity index (χ3v) is 9.50. The summed E-state index contributed by atoms with van der Waals surface area (Å²) in [5.74, 6) is 1.49. The fraction of sp³-hybridized carbons (Fsp3) is 0.348. The first-order chi connectivity index (χ1) is 23.9. The van der Waals surface area contributed by atoms with Crippen LogP contribution in [0.3, 0.4) is 0 Å². The number of aliphatic imine (C=N–C) groups is 2. The Kier molecular flexibility index (Phi) is 25.3. The molecule has 56 heavy (non-hydrogen) atoms. The van der Waals surface area contributed by atoms with Crippen molar-refractivity contribution in [3.05, 3.63) is 130 Å². The van der Waals surface area contributed by atoms with Crippen molar-refractivity contribution in [1.29, 1.82) is 0 Å². The van der Waals surface area contributed by atoms with Gasteiger partial charge < -0.3 is 49.6 Å². The summed E-state index contributed by atoms with van der Waals surface area (Å²) in [4.78, 5) is 19.2. The molecule has 0 saturated heterocycles. The number of pyridine rings is 2. The third kappa shape index (κ3) is 13.1. The van der Waals surface area contributed by atoms with E-state index in [1.807, 2.05) is 61.2 Å². The van der Waals surface area contributed by atoms with E-state index in [0.717, 1.165) is 22.8 Å². The molecule has 0 spiro atoms. The quantitative estimate of drug-likeness (QED) is 0.148. The summed E-state index contributed by atoms with van der Waals surface area (Å²) in [6.07, 6.45) is 7.45. The number of aromatic nitrogens is 2. The number of aryl methyl sites for hydroxylation is 1. The van der Waals surface area contributed by atoms with Gasteiger partial charge in [0.25, 0.3) is 0 Å². The molecule has 0 unspecified atom stereocenters. The number of benzene rings is 3. The van der Waals surface area contributed by atoms with Gasteiger partial charge in [-0.2, -0.15) is 0 Å². The first-order valence-electron chi connectivity index (χ1n) is 18.3. The van der Waals surface area contributed by atoms with Crippen LogP contribution in [0.25, 0.3) is 22.3 Å². The molecule has 0 aliphatic heterocycles. The molecule has 0 radical (unpaired) electrons. The van der Waals surface area contributed by atoms with Crippen LogP contribution in [0.4, 0.5) is 11.4 Å². The van der Waals surface area contributed by atoms with Crippen molar-refractivity contribution >= 4 is 23.8 Å². The largest absolute Gasteiger partial charge is 2.00 e. The maximum atomic E-state index is 5.12. The van der Waals surface area contributed by atoms with Crippen LogP contribution in [-0.2, 0) is 40.8 Å². The molecular formula is C46H54Cl4N4Pd2. The molecule has 3 aromatic carbocycles. The summed E-state index contributed by atoms with van der Waals surface area (Å²) < 4.78 is 0. The second-order valence-corrected chi connectivity index (χ2v) is 15.0. The summed E-state index contributed by atoms with van der Waals surface area (Å²) in [5.41, 5.74) is 16.6. The van der Waals surface area contributed by atoms with Crippen molar-refractivity contribution in [1.82, 2.24) is 9.97 Å². The predicted molar refractivity (Wildman–Crippen MR) is 215 cm³/mol. The van der Waals surface area contributed by atoms with Gasteiger partial charge in [0, 0.05) is 12.4 Å². The van der Waals surface area contributed by atoms with Crippen molar-refractivity contribution in [3.63, 3.8) is 0 Å². The summed E-state index contributed by atoms with van der Waals surface area (Å²) in [6.45, 7) is 25.1. The summed E-state index contributed by atoms with van der Waals surface area (Å²) >= 11 is 0. The molecule has 0 atom stereocenters. The normalized spacial score (nSPS) is 10.9. The van der Waals surface area contributed by atoms with Crippen LogP contribution >= 0.6 is 0 Å². The molecule has 0 saturated carbocycles. The maximum Gasteiger partial charge on any atom is 2.00 e. The average Bonchev–Trinajstić information content (AvgIpc) is 3.09. The first-order valence-corrected chi connectivity index (χ1v) is 18.3. The van der Waals surface area contributed by atoms with Crippen LogP contribution < -0.4 is 49.6 Å². The van der Waals surface area contributed by atoms with Crippen LogP contribution in [-0.4, -0.2) is 22.4 Å². The molecule has 0 N–H and O–H groups in total. The van der Waals surface area contributed by atoms with Gasteiger partial charge in [0.2, 0.25) is 0 Å². The molecule has 10 heteroatoms. The van der Waals surface area contributed by atoms with Crippen molar-refractivity contribution in [2.24, 2.45) is 9.98 Å². The monoisotopic (exact) mass is 1010 g/mol. The van der Waals surface area contributed by atoms with Gasteiger partial charge in [0.05, 0.1) is 35.2 Å². The standard InChI is InChI=1S/C46H54N4.4ClH.2Pd/c1-28(2)38-19-18-33(11)43(34-22-39(29(3)4)45(40(23-34)30(5)6)49-26-36-16-12-14-20-47-36)44(38)35-24-41(31(7)8)46(42(25-35)32(9)10)50-27-37-17-13-15-21-48-37;;;;;;/h12-32H,1-11H3;4*1H;;/q;;;;;2*+2/p-4/b49-26+,50-27+;;;;;;. The fourth-order valence-corrected chi connectivity index (χ4v) is 6.76. The topological polar surface area (TPSA) is 50.5 Å². The van der Waals surface area contributed by atoms with Crippen LogP contribution in [0.5, 0.6) is 0 Å². The van der Waals surface area contributed by atoms with Gasteiger partial charge in [0.1, 0.15) is 0 Å². The van der Waals surface area contributed by atoms with E-state index in [2.05, 4.69) is 123 Å². The molecule has 2 heterocycles. The zero-order valence-corrected chi connectivity index (χ0v) is 40.2. The molecule has 5 rings (SSSR count). The Labute approximate surface area is 389 Å². The molecule has 0 fully saturated rings. The van der Waals surface area contributed by atoms with Crippen LogP contribution in [0.2, 0.25) is 0 Å². The van der Waals surface area contributed by atoms with E-state index < -0.39 is 0 Å². The SMILES string of the molecule is Cc1ccc(C(C)C)c(-c2cc(C(C)C)c(/N=C/c3ccccn3)c(C(C)C)c2)c1-c1cc(C(C)C)c(/N=C/c2ccccn2)c(C(C)C)c1.[Cl-].[Cl-].[Cl-].[Cl-].[Pd+2].[Pd+2]. The zero-order valence-electron chi connectivity index (χ0n) is 34.1. The van der Waals surface area contributed by atoms with E-state index in [-0.39, 0.29) is 114 Å². The number of nitrogens with zero attached hydrogens (tertiary/aromatic N) is 4. The number of rotatable bonds is 11. The number of hydrogen-bond acceptors (Lipinski definition) is 4. The second-order valence-electron chi connectivity index (χ2n) is 15.0. The van der Waals surface area contributed by atoms with Crippen LogP contribution in [0.15, 0.2) is 95.2 Å². The van der Waals surface area contributed by atoms with Crippen LogP contribution in [0.1, 0.15) is 144 Å². The summed E-state index contributed by atoms with van der Waals surface area (Å²) in [5, 5.41) is 0. The number of halogens is 4. The molecule has 0 aliphatic carbocycles. The minimum Gasteiger partial charge on any atom is -1.00 e. The number of hydrogen-bond donors (Lipinski definition) is 0. The van der Waals surface area contributed by atoms with E-state index in [1.54, 1.807) is 0 Å². The van der Waals surface area contributed by atoms with Gasteiger partial charge >= 0.3 is 40.8 Å². The van der Waals surface area contributed by atoms with Crippen molar-refractivity contribution in [2.45, 2.75) is 106 Å². The van der Waals surface area contributed by atoms with E-state index >= 15 is 0 Å². The average molecular weight is 1020 g/mol. The van der Waals surface area contributed by atoms with E-state index in [4.69, 9.17) is 9.98 Å². The van der Waals surface area contributed by atoms with Gasteiger partial charge in [-0.25, -0.2) is 0 Å². The molecule has 0 amide bonds. The molecule has 2 aromatic heterocycles. The molecule has 5 aromatic rings. The summed E-state index contributed by atoms with van der Waals surface area (Å²) in [7, 11) is 0. The van der Waals surface area contributed by atoms with E-state index in [0.29, 0.717) is 5.92 Å². The molecule has 0 aliphatic rings. The van der Waals surface area contributed by atoms with Gasteiger partial charge in [-0.3, -0.25) is 20.0 Å². The Bertz CT molecular complexity index is 1960. The van der Waals surface area contributed by atoms with Gasteiger partial charge in [-0.1, -0.05) is 93.5 Å².